The van der Waals surface area contributed by atoms with Crippen LogP contribution in [0.1, 0.15) is 28.3 Å². The van der Waals surface area contributed by atoms with Crippen molar-refractivity contribution in [3.05, 3.63) is 62.1 Å². The molecule has 0 saturated heterocycles. The molecule has 1 unspecified atom stereocenters. The molecule has 0 saturated carbocycles. The zero-order chi connectivity index (χ0) is 15.6. The highest BCUT2D eigenvalue weighted by Crippen LogP contribution is 2.34. The van der Waals surface area contributed by atoms with E-state index in [1.54, 1.807) is 7.11 Å². The summed E-state index contributed by atoms with van der Waals surface area (Å²) in [6.07, 6.45) is 0. The van der Waals surface area contributed by atoms with Crippen LogP contribution in [0.4, 0.5) is 0 Å². The van der Waals surface area contributed by atoms with Crippen LogP contribution in [0, 0.1) is 13.8 Å². The Morgan fingerprint density at radius 1 is 1.14 bits per heavy atom. The molecular weight excluding hydrogens is 352 g/mol. The SMILES string of the molecule is COc1cc(C)c(C(NN)c2cc(Br)ccc2Cl)cc1C. The predicted octanol–water partition coefficient (Wildman–Crippen LogP) is 4.28. The number of ether oxygens (including phenoxy) is 1. The van der Waals surface area contributed by atoms with Crippen LogP contribution in [0.3, 0.4) is 0 Å². The number of rotatable bonds is 4. The van der Waals surface area contributed by atoms with E-state index in [9.17, 15) is 0 Å². The summed E-state index contributed by atoms with van der Waals surface area (Å²) in [4.78, 5) is 0. The van der Waals surface area contributed by atoms with Crippen molar-refractivity contribution < 1.29 is 4.74 Å². The van der Waals surface area contributed by atoms with E-state index in [1.165, 1.54) is 0 Å². The Kier molecular flexibility index (Phi) is 5.27. The van der Waals surface area contributed by atoms with Gasteiger partial charge >= 0.3 is 0 Å². The van der Waals surface area contributed by atoms with Crippen molar-refractivity contribution in [3.8, 4) is 5.75 Å². The maximum absolute atomic E-state index is 6.33. The molecule has 0 aromatic heterocycles. The van der Waals surface area contributed by atoms with E-state index < -0.39 is 0 Å². The second kappa shape index (κ2) is 6.79. The molecule has 3 N–H and O–H groups in total. The molecule has 1 atom stereocenters. The van der Waals surface area contributed by atoms with Gasteiger partial charge in [0.2, 0.25) is 0 Å². The number of hydrogen-bond donors (Lipinski definition) is 2. The highest BCUT2D eigenvalue weighted by atomic mass is 79.9. The van der Waals surface area contributed by atoms with Crippen LogP contribution >= 0.6 is 27.5 Å². The van der Waals surface area contributed by atoms with Gasteiger partial charge in [0.05, 0.1) is 13.2 Å². The number of halogens is 2. The number of hydrazine groups is 1. The molecule has 0 amide bonds. The van der Waals surface area contributed by atoms with Crippen molar-refractivity contribution in [2.45, 2.75) is 19.9 Å². The fraction of sp³-hybridized carbons (Fsp3) is 0.250. The van der Waals surface area contributed by atoms with Gasteiger partial charge in [-0.25, -0.2) is 5.43 Å². The molecule has 0 bridgehead atoms. The topological polar surface area (TPSA) is 47.3 Å². The Labute approximate surface area is 138 Å². The van der Waals surface area contributed by atoms with Gasteiger partial charge in [-0.2, -0.15) is 0 Å². The van der Waals surface area contributed by atoms with E-state index in [4.69, 9.17) is 22.2 Å². The van der Waals surface area contributed by atoms with Gasteiger partial charge in [-0.1, -0.05) is 33.6 Å². The van der Waals surface area contributed by atoms with E-state index in [0.717, 1.165) is 32.5 Å². The first-order valence-corrected chi connectivity index (χ1v) is 7.71. The zero-order valence-electron chi connectivity index (χ0n) is 12.2. The second-order valence-electron chi connectivity index (χ2n) is 4.94. The lowest BCUT2D eigenvalue weighted by atomic mass is 9.93. The molecule has 0 spiro atoms. The van der Waals surface area contributed by atoms with E-state index in [1.807, 2.05) is 38.1 Å². The summed E-state index contributed by atoms with van der Waals surface area (Å²) < 4.78 is 6.32. The number of benzene rings is 2. The fourth-order valence-corrected chi connectivity index (χ4v) is 3.03. The van der Waals surface area contributed by atoms with Crippen molar-refractivity contribution >= 4 is 27.5 Å². The van der Waals surface area contributed by atoms with Crippen LogP contribution in [-0.2, 0) is 0 Å². The maximum Gasteiger partial charge on any atom is 0.122 e. The first kappa shape index (κ1) is 16.3. The molecule has 0 aliphatic rings. The molecule has 5 heteroatoms. The highest BCUT2D eigenvalue weighted by molar-refractivity contribution is 9.10. The van der Waals surface area contributed by atoms with E-state index >= 15 is 0 Å². The quantitative estimate of drug-likeness (QED) is 0.624. The van der Waals surface area contributed by atoms with Crippen LogP contribution in [0.15, 0.2) is 34.8 Å². The van der Waals surface area contributed by atoms with Gasteiger partial charge in [-0.05, 0) is 60.4 Å². The van der Waals surface area contributed by atoms with Crippen LogP contribution in [0.2, 0.25) is 5.02 Å². The Bertz CT molecular complexity index is 661. The standard InChI is InChI=1S/C16H18BrClN2O/c1-9-7-15(21-3)10(2)6-12(9)16(20-19)13-8-11(17)4-5-14(13)18/h4-8,16,20H,19H2,1-3H3. The second-order valence-corrected chi connectivity index (χ2v) is 6.27. The molecule has 3 nitrogen and oxygen atoms in total. The molecule has 0 radical (unpaired) electrons. The molecule has 0 heterocycles. The molecule has 112 valence electrons. The number of nitrogens with one attached hydrogen (secondary N) is 1. The van der Waals surface area contributed by atoms with E-state index in [0.29, 0.717) is 5.02 Å². The average molecular weight is 370 g/mol. The summed E-state index contributed by atoms with van der Waals surface area (Å²) in [5.41, 5.74) is 7.03. The summed E-state index contributed by atoms with van der Waals surface area (Å²) in [6.45, 7) is 4.05. The molecule has 2 rings (SSSR count). The van der Waals surface area contributed by atoms with Crippen LogP contribution in [-0.4, -0.2) is 7.11 Å². The average Bonchev–Trinajstić information content (AvgIpc) is 2.46. The van der Waals surface area contributed by atoms with Crippen molar-refractivity contribution in [2.24, 2.45) is 5.84 Å². The number of aryl methyl sites for hydroxylation is 2. The Morgan fingerprint density at radius 3 is 2.48 bits per heavy atom. The third-order valence-corrected chi connectivity index (χ3v) is 4.37. The largest absolute Gasteiger partial charge is 0.496 e. The minimum absolute atomic E-state index is 0.181. The monoisotopic (exact) mass is 368 g/mol. The van der Waals surface area contributed by atoms with Gasteiger partial charge in [-0.15, -0.1) is 0 Å². The first-order valence-electron chi connectivity index (χ1n) is 6.54. The summed E-state index contributed by atoms with van der Waals surface area (Å²) >= 11 is 9.80. The highest BCUT2D eigenvalue weighted by Gasteiger charge is 2.19. The molecule has 0 aliphatic carbocycles. The first-order chi connectivity index (χ1) is 9.97. The summed E-state index contributed by atoms with van der Waals surface area (Å²) in [6, 6.07) is 9.66. The minimum Gasteiger partial charge on any atom is -0.496 e. The molecule has 0 fully saturated rings. The maximum atomic E-state index is 6.33. The van der Waals surface area contributed by atoms with Crippen LogP contribution < -0.4 is 16.0 Å². The smallest absolute Gasteiger partial charge is 0.122 e. The van der Waals surface area contributed by atoms with Crippen molar-refractivity contribution in [1.82, 2.24) is 5.43 Å². The molecule has 0 aliphatic heterocycles. The molecular formula is C16H18BrClN2O. The Hall–Kier alpha value is -1.07. The Morgan fingerprint density at radius 2 is 1.86 bits per heavy atom. The van der Waals surface area contributed by atoms with Gasteiger partial charge in [-0.3, -0.25) is 5.84 Å². The normalized spacial score (nSPS) is 12.3. The molecule has 21 heavy (non-hydrogen) atoms. The van der Waals surface area contributed by atoms with Crippen molar-refractivity contribution in [3.63, 3.8) is 0 Å². The van der Waals surface area contributed by atoms with Gasteiger partial charge in [0.1, 0.15) is 5.75 Å². The van der Waals surface area contributed by atoms with E-state index in [-0.39, 0.29) is 6.04 Å². The van der Waals surface area contributed by atoms with Gasteiger partial charge in [0, 0.05) is 9.50 Å². The lowest BCUT2D eigenvalue weighted by Gasteiger charge is -2.22. The summed E-state index contributed by atoms with van der Waals surface area (Å²) in [5.74, 6) is 6.66. The zero-order valence-corrected chi connectivity index (χ0v) is 14.5. The predicted molar refractivity (Wildman–Crippen MR) is 90.8 cm³/mol. The molecule has 2 aromatic carbocycles. The van der Waals surface area contributed by atoms with Crippen molar-refractivity contribution in [1.29, 1.82) is 0 Å². The number of nitrogens with two attached hydrogens (primary N) is 1. The Balaban J connectivity index is 2.56. The van der Waals surface area contributed by atoms with Gasteiger partial charge in [0.15, 0.2) is 0 Å². The van der Waals surface area contributed by atoms with Crippen molar-refractivity contribution in [2.75, 3.05) is 7.11 Å². The minimum atomic E-state index is -0.181. The van der Waals surface area contributed by atoms with E-state index in [2.05, 4.69) is 27.4 Å². The van der Waals surface area contributed by atoms with Gasteiger partial charge < -0.3 is 4.74 Å². The van der Waals surface area contributed by atoms with Crippen LogP contribution in [0.5, 0.6) is 5.75 Å². The lowest BCUT2D eigenvalue weighted by molar-refractivity contribution is 0.411. The fourth-order valence-electron chi connectivity index (χ4n) is 2.43. The van der Waals surface area contributed by atoms with Gasteiger partial charge in [0.25, 0.3) is 0 Å². The summed E-state index contributed by atoms with van der Waals surface area (Å²) in [7, 11) is 1.67. The van der Waals surface area contributed by atoms with Crippen LogP contribution in [0.25, 0.3) is 0 Å². The number of methoxy groups -OCH3 is 1. The summed E-state index contributed by atoms with van der Waals surface area (Å²) in [5, 5.41) is 0.675. The third kappa shape index (κ3) is 3.40. The molecule has 2 aromatic rings. The number of hydrogen-bond acceptors (Lipinski definition) is 3. The third-order valence-electron chi connectivity index (χ3n) is 3.53. The lowest BCUT2D eigenvalue weighted by Crippen LogP contribution is -2.29.